The number of aliphatic hydroxyl groups excluding tert-OH is 1. The number of nitrogens with zero attached hydrogens (tertiary/aromatic N) is 2. The molecule has 4 aromatic rings. The molecule has 1 saturated heterocycles. The number of benzene rings is 3. The molecule has 1 aromatic heterocycles. The van der Waals surface area contributed by atoms with Crippen molar-refractivity contribution >= 4 is 17.6 Å². The first-order valence-electron chi connectivity index (χ1n) is 12.2. The number of nitrogens with two attached hydrogens (primary N) is 1. The van der Waals surface area contributed by atoms with Crippen LogP contribution < -0.4 is 11.1 Å². The summed E-state index contributed by atoms with van der Waals surface area (Å²) in [5.74, 6) is -0.214. The topological polar surface area (TPSA) is 109 Å². The Balaban J connectivity index is 1.23. The average molecular weight is 493 g/mol. The maximum Gasteiger partial charge on any atom is 0.255 e. The highest BCUT2D eigenvalue weighted by Crippen LogP contribution is 2.24. The summed E-state index contributed by atoms with van der Waals surface area (Å²) in [6, 6.07) is 26.6. The van der Waals surface area contributed by atoms with Gasteiger partial charge in [-0.05, 0) is 46.9 Å². The number of carbonyl (C=O) groups excluding carboxylic acids is 2. The van der Waals surface area contributed by atoms with Gasteiger partial charge in [0.2, 0.25) is 0 Å². The van der Waals surface area contributed by atoms with Crippen molar-refractivity contribution in [1.82, 2.24) is 15.2 Å². The summed E-state index contributed by atoms with van der Waals surface area (Å²) in [6.45, 7) is 0.962. The van der Waals surface area contributed by atoms with Gasteiger partial charge in [0.1, 0.15) is 5.82 Å². The minimum absolute atomic E-state index is 0.0339. The van der Waals surface area contributed by atoms with Crippen molar-refractivity contribution in [2.45, 2.75) is 19.1 Å². The Hall–Kier alpha value is -4.49. The molecular weight excluding hydrogens is 464 g/mol. The second kappa shape index (κ2) is 10.6. The van der Waals surface area contributed by atoms with E-state index in [1.54, 1.807) is 17.2 Å². The Morgan fingerprint density at radius 1 is 0.919 bits per heavy atom. The summed E-state index contributed by atoms with van der Waals surface area (Å²) in [7, 11) is 0. The highest BCUT2D eigenvalue weighted by atomic mass is 16.3. The molecule has 1 fully saturated rings. The highest BCUT2D eigenvalue weighted by Gasteiger charge is 2.29. The van der Waals surface area contributed by atoms with E-state index in [0.717, 1.165) is 27.8 Å². The first-order valence-corrected chi connectivity index (χ1v) is 12.2. The second-order valence-corrected chi connectivity index (χ2v) is 9.17. The van der Waals surface area contributed by atoms with Gasteiger partial charge in [0.25, 0.3) is 11.8 Å². The number of hydrogen-bond donors (Lipinski definition) is 3. The van der Waals surface area contributed by atoms with E-state index in [-0.39, 0.29) is 30.3 Å². The third kappa shape index (κ3) is 5.37. The number of amides is 2. The molecule has 1 unspecified atom stereocenters. The molecule has 2 heterocycles. The van der Waals surface area contributed by atoms with Gasteiger partial charge in [-0.15, -0.1) is 0 Å². The maximum absolute atomic E-state index is 13.1. The number of aromatic nitrogens is 1. The fourth-order valence-corrected chi connectivity index (χ4v) is 4.56. The van der Waals surface area contributed by atoms with Crippen molar-refractivity contribution in [3.8, 4) is 22.3 Å². The lowest BCUT2D eigenvalue weighted by atomic mass is 10.0. The van der Waals surface area contributed by atoms with Crippen LogP contribution in [0.2, 0.25) is 0 Å². The Morgan fingerprint density at radius 3 is 2.27 bits per heavy atom. The standard InChI is InChI=1S/C30H28N4O3/c31-28-27(16-25(17-32-28)23-8-6-20(19-35)7-9-23)29(36)33-26-14-15-34(18-26)30(37)24-12-10-22(11-13-24)21-4-2-1-3-5-21/h1-13,16-17,26,35H,14-15,18-19H2,(H2,31,32)(H,33,36). The van der Waals surface area contributed by atoms with Crippen LogP contribution in [-0.4, -0.2) is 45.9 Å². The quantitative estimate of drug-likeness (QED) is 0.375. The minimum Gasteiger partial charge on any atom is -0.392 e. The molecule has 5 rings (SSSR count). The fraction of sp³-hybridized carbons (Fsp3) is 0.167. The number of nitrogens with one attached hydrogen (secondary N) is 1. The SMILES string of the molecule is Nc1ncc(-c2ccc(CO)cc2)cc1C(=O)NC1CCN(C(=O)c2ccc(-c3ccccc3)cc2)C1. The van der Waals surface area contributed by atoms with Crippen molar-refractivity contribution < 1.29 is 14.7 Å². The van der Waals surface area contributed by atoms with Crippen molar-refractivity contribution in [2.24, 2.45) is 0 Å². The number of anilines is 1. The summed E-state index contributed by atoms with van der Waals surface area (Å²) < 4.78 is 0. The van der Waals surface area contributed by atoms with Crippen LogP contribution in [0, 0.1) is 0 Å². The lowest BCUT2D eigenvalue weighted by molar-refractivity contribution is 0.0783. The Labute approximate surface area is 215 Å². The van der Waals surface area contributed by atoms with Crippen LogP contribution in [0.15, 0.2) is 91.1 Å². The molecule has 1 aliphatic heterocycles. The first kappa shape index (κ1) is 24.2. The number of aliphatic hydroxyl groups is 1. The molecule has 0 saturated carbocycles. The van der Waals surface area contributed by atoms with E-state index in [1.807, 2.05) is 78.9 Å². The first-order chi connectivity index (χ1) is 18.0. The molecule has 4 N–H and O–H groups in total. The van der Waals surface area contributed by atoms with Crippen LogP contribution in [-0.2, 0) is 6.61 Å². The van der Waals surface area contributed by atoms with Gasteiger partial charge in [-0.25, -0.2) is 4.98 Å². The monoisotopic (exact) mass is 492 g/mol. The van der Waals surface area contributed by atoms with Gasteiger partial charge in [-0.2, -0.15) is 0 Å². The van der Waals surface area contributed by atoms with E-state index in [1.165, 1.54) is 0 Å². The Bertz CT molecular complexity index is 1400. The average Bonchev–Trinajstić information content (AvgIpc) is 3.42. The molecule has 1 aliphatic rings. The Kier molecular flexibility index (Phi) is 6.96. The molecule has 7 nitrogen and oxygen atoms in total. The normalized spacial score (nSPS) is 14.9. The molecule has 186 valence electrons. The molecule has 0 bridgehead atoms. The fourth-order valence-electron chi connectivity index (χ4n) is 4.56. The second-order valence-electron chi connectivity index (χ2n) is 9.17. The van der Waals surface area contributed by atoms with Crippen LogP contribution in [0.4, 0.5) is 5.82 Å². The van der Waals surface area contributed by atoms with Gasteiger partial charge < -0.3 is 21.1 Å². The maximum atomic E-state index is 13.1. The van der Waals surface area contributed by atoms with Gasteiger partial charge >= 0.3 is 0 Å². The van der Waals surface area contributed by atoms with Crippen LogP contribution in [0.1, 0.15) is 32.7 Å². The van der Waals surface area contributed by atoms with Gasteiger partial charge in [-0.1, -0.05) is 66.7 Å². The lowest BCUT2D eigenvalue weighted by Crippen LogP contribution is -2.38. The molecule has 37 heavy (non-hydrogen) atoms. The van der Waals surface area contributed by atoms with E-state index >= 15 is 0 Å². The summed E-state index contributed by atoms with van der Waals surface area (Å²) in [4.78, 5) is 32.1. The van der Waals surface area contributed by atoms with Gasteiger partial charge in [0.15, 0.2) is 0 Å². The van der Waals surface area contributed by atoms with Crippen molar-refractivity contribution in [1.29, 1.82) is 0 Å². The van der Waals surface area contributed by atoms with Crippen molar-refractivity contribution in [3.63, 3.8) is 0 Å². The van der Waals surface area contributed by atoms with Gasteiger partial charge in [-0.3, -0.25) is 9.59 Å². The van der Waals surface area contributed by atoms with E-state index in [9.17, 15) is 14.7 Å². The molecule has 0 spiro atoms. The van der Waals surface area contributed by atoms with Crippen molar-refractivity contribution in [2.75, 3.05) is 18.8 Å². The van der Waals surface area contributed by atoms with E-state index in [4.69, 9.17) is 5.73 Å². The number of carbonyl (C=O) groups is 2. The van der Waals surface area contributed by atoms with Crippen LogP contribution in [0.3, 0.4) is 0 Å². The third-order valence-electron chi connectivity index (χ3n) is 6.68. The number of nitrogen functional groups attached to an aromatic ring is 1. The largest absolute Gasteiger partial charge is 0.392 e. The number of likely N-dealkylation sites (tertiary alicyclic amines) is 1. The summed E-state index contributed by atoms with van der Waals surface area (Å²) >= 11 is 0. The summed E-state index contributed by atoms with van der Waals surface area (Å²) in [6.07, 6.45) is 2.29. The zero-order valence-corrected chi connectivity index (χ0v) is 20.3. The molecule has 7 heteroatoms. The molecule has 2 amide bonds. The zero-order chi connectivity index (χ0) is 25.8. The smallest absolute Gasteiger partial charge is 0.255 e. The van der Waals surface area contributed by atoms with Gasteiger partial charge in [0, 0.05) is 36.5 Å². The minimum atomic E-state index is -0.314. The molecular formula is C30H28N4O3. The number of rotatable bonds is 6. The molecule has 0 aliphatic carbocycles. The number of pyridine rings is 1. The van der Waals surface area contributed by atoms with Crippen LogP contribution in [0.5, 0.6) is 0 Å². The van der Waals surface area contributed by atoms with E-state index < -0.39 is 0 Å². The third-order valence-corrected chi connectivity index (χ3v) is 6.68. The Morgan fingerprint density at radius 2 is 1.57 bits per heavy atom. The van der Waals surface area contributed by atoms with Crippen LogP contribution >= 0.6 is 0 Å². The predicted octanol–water partition coefficient (Wildman–Crippen LogP) is 4.13. The zero-order valence-electron chi connectivity index (χ0n) is 20.3. The van der Waals surface area contributed by atoms with Crippen molar-refractivity contribution in [3.05, 3.63) is 108 Å². The highest BCUT2D eigenvalue weighted by molar-refractivity contribution is 6.00. The molecule has 0 radical (unpaired) electrons. The summed E-state index contributed by atoms with van der Waals surface area (Å²) in [5.41, 5.74) is 11.5. The molecule has 3 aromatic carbocycles. The van der Waals surface area contributed by atoms with Gasteiger partial charge in [0.05, 0.1) is 12.2 Å². The summed E-state index contributed by atoms with van der Waals surface area (Å²) in [5, 5.41) is 12.3. The van der Waals surface area contributed by atoms with E-state index in [2.05, 4.69) is 10.3 Å². The predicted molar refractivity (Wildman–Crippen MR) is 144 cm³/mol. The van der Waals surface area contributed by atoms with E-state index in [0.29, 0.717) is 30.6 Å². The molecule has 1 atom stereocenters. The number of hydrogen-bond acceptors (Lipinski definition) is 5. The van der Waals surface area contributed by atoms with Crippen LogP contribution in [0.25, 0.3) is 22.3 Å². The lowest BCUT2D eigenvalue weighted by Gasteiger charge is -2.18.